The molecule has 0 radical (unpaired) electrons. The Bertz CT molecular complexity index is 1760. The quantitative estimate of drug-likeness (QED) is 0.196. The van der Waals surface area contributed by atoms with Crippen molar-refractivity contribution in [2.45, 2.75) is 56.4 Å². The number of benzene rings is 2. The average Bonchev–Trinajstić information content (AvgIpc) is 3.64. The molecule has 3 N–H and O–H groups in total. The van der Waals surface area contributed by atoms with E-state index in [2.05, 4.69) is 15.2 Å². The molecule has 9 heteroatoms. The molecule has 2 aromatic heterocycles. The molecule has 0 saturated heterocycles. The van der Waals surface area contributed by atoms with E-state index in [1.54, 1.807) is 31.4 Å². The second-order valence-corrected chi connectivity index (χ2v) is 11.7. The molecular weight excluding hydrogens is 556 g/mol. The molecule has 0 aliphatic heterocycles. The Kier molecular flexibility index (Phi) is 7.95. The lowest BCUT2D eigenvalue weighted by atomic mass is 9.75. The summed E-state index contributed by atoms with van der Waals surface area (Å²) in [5.41, 5.74) is 4.88. The Balaban J connectivity index is 1.27. The van der Waals surface area contributed by atoms with Gasteiger partial charge in [0.05, 0.1) is 18.5 Å². The van der Waals surface area contributed by atoms with Gasteiger partial charge in [0.1, 0.15) is 5.54 Å². The third kappa shape index (κ3) is 5.57. The van der Waals surface area contributed by atoms with Crippen LogP contribution in [0.15, 0.2) is 66.7 Å². The fourth-order valence-corrected chi connectivity index (χ4v) is 6.53. The summed E-state index contributed by atoms with van der Waals surface area (Å²) in [6.07, 6.45) is 9.12. The molecule has 0 atom stereocenters. The highest BCUT2D eigenvalue weighted by Crippen LogP contribution is 2.44. The first-order valence-electron chi connectivity index (χ1n) is 15.1. The number of rotatable bonds is 9. The van der Waals surface area contributed by atoms with Gasteiger partial charge in [-0.1, -0.05) is 37.1 Å². The maximum Gasteiger partial charge on any atom is 0.328 e. The van der Waals surface area contributed by atoms with Gasteiger partial charge >= 0.3 is 5.97 Å². The Morgan fingerprint density at radius 2 is 1.77 bits per heavy atom. The van der Waals surface area contributed by atoms with Gasteiger partial charge in [-0.15, -0.1) is 0 Å². The van der Waals surface area contributed by atoms with Crippen LogP contribution in [-0.4, -0.2) is 45.1 Å². The van der Waals surface area contributed by atoms with E-state index in [-0.39, 0.29) is 11.8 Å². The third-order valence-corrected chi connectivity index (χ3v) is 9.02. The summed E-state index contributed by atoms with van der Waals surface area (Å²) in [7, 11) is 3.63. The number of aromatic nitrogens is 2. The maximum atomic E-state index is 13.7. The topological polar surface area (TPSA) is 123 Å². The first-order valence-corrected chi connectivity index (χ1v) is 15.1. The standard InChI is InChI=1S/C35H36N4O5/c1-39-28-21-24(14-17-26(28)31(23-7-3-4-8-23)32(39)27-9-5-10-29(37-27)44-2)33(42)38-35(19-6-20-35)34(43)36-25-15-11-22(12-16-25)13-18-30(40)41/h5,9-18,21,23H,3-4,6-8,19-20H2,1-2H3,(H,36,43)(H,38,42)(H,40,41)/b18-13+. The number of carbonyl (C=O) groups excluding carboxylic acids is 2. The minimum absolute atomic E-state index is 0.263. The van der Waals surface area contributed by atoms with E-state index in [1.807, 2.05) is 43.4 Å². The van der Waals surface area contributed by atoms with Crippen LogP contribution in [0.3, 0.4) is 0 Å². The molecule has 9 nitrogen and oxygen atoms in total. The minimum Gasteiger partial charge on any atom is -0.481 e. The highest BCUT2D eigenvalue weighted by molar-refractivity contribution is 6.06. The lowest BCUT2D eigenvalue weighted by molar-refractivity contribution is -0.131. The van der Waals surface area contributed by atoms with E-state index in [4.69, 9.17) is 14.8 Å². The Morgan fingerprint density at radius 3 is 2.43 bits per heavy atom. The minimum atomic E-state index is -1.03. The highest BCUT2D eigenvalue weighted by Gasteiger charge is 2.45. The van der Waals surface area contributed by atoms with Crippen LogP contribution >= 0.6 is 0 Å². The molecule has 2 heterocycles. The number of pyridine rings is 1. The Hall–Kier alpha value is -4.92. The molecule has 226 valence electrons. The summed E-state index contributed by atoms with van der Waals surface area (Å²) in [5.74, 6) is -0.605. The number of amides is 2. The van der Waals surface area contributed by atoms with Crippen LogP contribution in [0.2, 0.25) is 0 Å². The lowest BCUT2D eigenvalue weighted by Crippen LogP contribution is -2.61. The van der Waals surface area contributed by atoms with Crippen LogP contribution in [0.1, 0.15) is 72.3 Å². The monoisotopic (exact) mass is 592 g/mol. The maximum absolute atomic E-state index is 13.7. The fourth-order valence-electron chi connectivity index (χ4n) is 6.53. The van der Waals surface area contributed by atoms with Gasteiger partial charge < -0.3 is 25.0 Å². The van der Waals surface area contributed by atoms with Crippen molar-refractivity contribution in [1.29, 1.82) is 0 Å². The Morgan fingerprint density at radius 1 is 1.02 bits per heavy atom. The largest absolute Gasteiger partial charge is 0.481 e. The molecule has 0 spiro atoms. The molecule has 6 rings (SSSR count). The zero-order valence-electron chi connectivity index (χ0n) is 24.9. The Labute approximate surface area is 255 Å². The zero-order valence-corrected chi connectivity index (χ0v) is 24.9. The number of fused-ring (bicyclic) bond motifs is 1. The van der Waals surface area contributed by atoms with Crippen LogP contribution < -0.4 is 15.4 Å². The first kappa shape index (κ1) is 29.2. The van der Waals surface area contributed by atoms with Gasteiger partial charge in [-0.3, -0.25) is 9.59 Å². The van der Waals surface area contributed by atoms with Crippen LogP contribution in [0, 0.1) is 0 Å². The molecule has 2 aromatic carbocycles. The van der Waals surface area contributed by atoms with Crippen molar-refractivity contribution in [3.63, 3.8) is 0 Å². The number of ether oxygens (including phenoxy) is 1. The molecule has 2 aliphatic rings. The van der Waals surface area contributed by atoms with Crippen molar-refractivity contribution < 1.29 is 24.2 Å². The molecule has 2 fully saturated rings. The third-order valence-electron chi connectivity index (χ3n) is 9.02. The second-order valence-electron chi connectivity index (χ2n) is 11.7. The first-order chi connectivity index (χ1) is 21.3. The van der Waals surface area contributed by atoms with Crippen molar-refractivity contribution in [2.75, 3.05) is 12.4 Å². The van der Waals surface area contributed by atoms with Gasteiger partial charge in [-0.05, 0) is 85.6 Å². The molecular formula is C35H36N4O5. The zero-order chi connectivity index (χ0) is 30.8. The summed E-state index contributed by atoms with van der Waals surface area (Å²) in [5, 5.41) is 15.9. The van der Waals surface area contributed by atoms with Crippen molar-refractivity contribution in [3.8, 4) is 17.3 Å². The molecule has 4 aromatic rings. The number of carbonyl (C=O) groups is 3. The van der Waals surface area contributed by atoms with Gasteiger partial charge in [-0.25, -0.2) is 9.78 Å². The lowest BCUT2D eigenvalue weighted by Gasteiger charge is -2.40. The number of carboxylic acids is 1. The van der Waals surface area contributed by atoms with Crippen LogP contribution in [0.5, 0.6) is 5.88 Å². The van der Waals surface area contributed by atoms with Gasteiger partial charge in [-0.2, -0.15) is 0 Å². The van der Waals surface area contributed by atoms with Gasteiger partial charge in [0, 0.05) is 41.3 Å². The number of aliphatic carboxylic acids is 1. The van der Waals surface area contributed by atoms with E-state index in [0.29, 0.717) is 41.5 Å². The van der Waals surface area contributed by atoms with E-state index in [1.165, 1.54) is 24.5 Å². The smallest absolute Gasteiger partial charge is 0.328 e. The van der Waals surface area contributed by atoms with Crippen molar-refractivity contribution in [3.05, 3.63) is 83.4 Å². The molecule has 2 aliphatic carbocycles. The van der Waals surface area contributed by atoms with E-state index in [9.17, 15) is 14.4 Å². The second kappa shape index (κ2) is 12.0. The molecule has 0 bridgehead atoms. The van der Waals surface area contributed by atoms with Crippen LogP contribution in [0.4, 0.5) is 5.69 Å². The predicted molar refractivity (Wildman–Crippen MR) is 170 cm³/mol. The number of methoxy groups -OCH3 is 1. The van der Waals surface area contributed by atoms with Gasteiger partial charge in [0.2, 0.25) is 11.8 Å². The summed E-state index contributed by atoms with van der Waals surface area (Å²) in [6.45, 7) is 0. The normalized spacial score (nSPS) is 16.1. The molecule has 2 amide bonds. The molecule has 2 saturated carbocycles. The fraction of sp³-hybridized carbons (Fsp3) is 0.314. The number of nitrogens with one attached hydrogen (secondary N) is 2. The van der Waals surface area contributed by atoms with Crippen molar-refractivity contribution >= 4 is 40.4 Å². The summed E-state index contributed by atoms with van der Waals surface area (Å²) in [4.78, 5) is 42.6. The number of nitrogens with zero attached hydrogens (tertiary/aromatic N) is 2. The number of anilines is 1. The SMILES string of the molecule is COc1cccc(-c2c(C3CCCC3)c3ccc(C(=O)NC4(C(=O)Nc5ccc(/C=C/C(=O)O)cc5)CCC4)cc3n2C)n1. The van der Waals surface area contributed by atoms with Crippen molar-refractivity contribution in [2.24, 2.45) is 7.05 Å². The van der Waals surface area contributed by atoms with Gasteiger partial charge in [0.25, 0.3) is 5.91 Å². The molecule has 0 unspecified atom stereocenters. The number of aryl methyl sites for hydroxylation is 1. The molecule has 44 heavy (non-hydrogen) atoms. The van der Waals surface area contributed by atoms with E-state index >= 15 is 0 Å². The average molecular weight is 593 g/mol. The van der Waals surface area contributed by atoms with Crippen LogP contribution in [0.25, 0.3) is 28.4 Å². The van der Waals surface area contributed by atoms with E-state index < -0.39 is 11.5 Å². The van der Waals surface area contributed by atoms with E-state index in [0.717, 1.165) is 47.6 Å². The van der Waals surface area contributed by atoms with Crippen LogP contribution in [-0.2, 0) is 16.6 Å². The summed E-state index contributed by atoms with van der Waals surface area (Å²) >= 11 is 0. The highest BCUT2D eigenvalue weighted by atomic mass is 16.5. The number of carboxylic acid groups (broad SMARTS) is 1. The number of hydrogen-bond acceptors (Lipinski definition) is 5. The summed E-state index contributed by atoms with van der Waals surface area (Å²) < 4.78 is 7.55. The van der Waals surface area contributed by atoms with Crippen molar-refractivity contribution in [1.82, 2.24) is 14.9 Å². The summed E-state index contributed by atoms with van der Waals surface area (Å²) in [6, 6.07) is 18.5. The van der Waals surface area contributed by atoms with Gasteiger partial charge in [0.15, 0.2) is 0 Å². The predicted octanol–water partition coefficient (Wildman–Crippen LogP) is 6.30. The number of hydrogen-bond donors (Lipinski definition) is 3.